The van der Waals surface area contributed by atoms with Crippen LogP contribution in [0.25, 0.3) is 59.8 Å². The van der Waals surface area contributed by atoms with Crippen LogP contribution in [0.15, 0.2) is 127 Å². The molecule has 7 aromatic rings. The molecule has 5 nitrogen and oxygen atoms in total. The smallest absolute Gasteiger partial charge is 0.165 e. The van der Waals surface area contributed by atoms with Gasteiger partial charge in [0.15, 0.2) is 11.5 Å². The highest BCUT2D eigenvalue weighted by molar-refractivity contribution is 6.42. The minimum Gasteiger partial charge on any atom is -0.508 e. The second kappa shape index (κ2) is 12.4. The van der Waals surface area contributed by atoms with Crippen LogP contribution in [0, 0.1) is 0 Å². The van der Waals surface area contributed by atoms with E-state index in [0.29, 0.717) is 56.9 Å². The first-order chi connectivity index (χ1) is 26.1. The van der Waals surface area contributed by atoms with Crippen LogP contribution in [-0.4, -0.2) is 41.2 Å². The molecule has 0 saturated carbocycles. The van der Waals surface area contributed by atoms with Gasteiger partial charge in [-0.15, -0.1) is 0 Å². The molecule has 2 unspecified atom stereocenters. The standard InChI is InChI=1S/C47H38B2O5/c1-47(22-7-2-8-23-47)39-40(48)43(51)35-33(28-19-16-26(17-20-28)30-21-18-25-10-3-4-12-29(25)24-30)36-38(44(52)41(49)46(54)45(36)53)34(37(35)42(39)50)32-15-9-13-27-11-5-6-14-31(27)32/h2-16,18-22,24,26,50-54H,17,23,48-49H2,1H3. The molecule has 7 aromatic carbocycles. The molecule has 0 fully saturated rings. The fourth-order valence-electron chi connectivity index (χ4n) is 9.01. The highest BCUT2D eigenvalue weighted by Gasteiger charge is 2.36. The molecule has 0 aromatic heterocycles. The summed E-state index contributed by atoms with van der Waals surface area (Å²) >= 11 is 0. The van der Waals surface area contributed by atoms with Crippen molar-refractivity contribution >= 4 is 75.3 Å². The monoisotopic (exact) mass is 704 g/mol. The molecule has 54 heavy (non-hydrogen) atoms. The van der Waals surface area contributed by atoms with E-state index in [2.05, 4.69) is 48.6 Å². The van der Waals surface area contributed by atoms with E-state index in [0.717, 1.165) is 16.2 Å². The summed E-state index contributed by atoms with van der Waals surface area (Å²) in [5.41, 5.74) is 4.01. The Kier molecular flexibility index (Phi) is 7.68. The largest absolute Gasteiger partial charge is 0.508 e. The number of hydrogen-bond acceptors (Lipinski definition) is 5. The molecule has 262 valence electrons. The van der Waals surface area contributed by atoms with Gasteiger partial charge >= 0.3 is 0 Å². The van der Waals surface area contributed by atoms with E-state index in [9.17, 15) is 25.5 Å². The maximum atomic E-state index is 12.8. The van der Waals surface area contributed by atoms with Gasteiger partial charge in [-0.2, -0.15) is 0 Å². The Bertz CT molecular complexity index is 2880. The summed E-state index contributed by atoms with van der Waals surface area (Å²) in [6.07, 6.45) is 15.5. The average molecular weight is 704 g/mol. The highest BCUT2D eigenvalue weighted by Crippen LogP contribution is 2.56. The topological polar surface area (TPSA) is 101 Å². The van der Waals surface area contributed by atoms with Gasteiger partial charge in [0.25, 0.3) is 0 Å². The molecule has 2 aliphatic rings. The minimum absolute atomic E-state index is 0.00659. The van der Waals surface area contributed by atoms with Gasteiger partial charge in [-0.3, -0.25) is 0 Å². The fraction of sp³-hybridized carbons (Fsp3) is 0.106. The molecule has 0 spiro atoms. The number of phenols is 5. The first kappa shape index (κ1) is 33.5. The number of fused-ring (bicyclic) bond motifs is 4. The molecular formula is C47H38B2O5. The number of phenolic OH excluding ortho intramolecular Hbond substituents is 5. The molecule has 5 N–H and O–H groups in total. The maximum Gasteiger partial charge on any atom is 0.165 e. The van der Waals surface area contributed by atoms with Gasteiger partial charge in [0.05, 0.1) is 0 Å². The zero-order chi connectivity index (χ0) is 37.5. The third kappa shape index (κ3) is 4.88. The lowest BCUT2D eigenvalue weighted by atomic mass is 9.68. The first-order valence-electron chi connectivity index (χ1n) is 18.4. The number of hydrogen-bond donors (Lipinski definition) is 5. The van der Waals surface area contributed by atoms with Gasteiger partial charge < -0.3 is 25.5 Å². The van der Waals surface area contributed by atoms with Crippen molar-refractivity contribution in [1.29, 1.82) is 0 Å². The summed E-state index contributed by atoms with van der Waals surface area (Å²) in [5.74, 6) is -1.03. The van der Waals surface area contributed by atoms with Gasteiger partial charge in [0, 0.05) is 49.6 Å². The Labute approximate surface area is 315 Å². The van der Waals surface area contributed by atoms with Crippen LogP contribution in [0.4, 0.5) is 0 Å². The Balaban J connectivity index is 1.42. The highest BCUT2D eigenvalue weighted by atomic mass is 16.3. The van der Waals surface area contributed by atoms with Crippen molar-refractivity contribution in [2.24, 2.45) is 0 Å². The molecular weight excluding hydrogens is 666 g/mol. The first-order valence-corrected chi connectivity index (χ1v) is 18.4. The van der Waals surface area contributed by atoms with Crippen LogP contribution in [-0.2, 0) is 5.41 Å². The predicted octanol–water partition coefficient (Wildman–Crippen LogP) is 7.91. The summed E-state index contributed by atoms with van der Waals surface area (Å²) in [6, 6.07) is 28.5. The van der Waals surface area contributed by atoms with E-state index in [1.807, 2.05) is 93.7 Å². The van der Waals surface area contributed by atoms with Crippen molar-refractivity contribution in [2.45, 2.75) is 31.1 Å². The molecule has 2 aliphatic carbocycles. The Hall–Kier alpha value is -6.33. The number of benzene rings is 7. The predicted molar refractivity (Wildman–Crippen MR) is 228 cm³/mol. The second-order valence-corrected chi connectivity index (χ2v) is 15.0. The van der Waals surface area contributed by atoms with Crippen molar-refractivity contribution in [3.8, 4) is 39.9 Å². The van der Waals surface area contributed by atoms with Crippen LogP contribution >= 0.6 is 0 Å². The molecule has 0 saturated heterocycles. The number of allylic oxidation sites excluding steroid dienone is 8. The lowest BCUT2D eigenvalue weighted by molar-refractivity contribution is 0.406. The van der Waals surface area contributed by atoms with E-state index < -0.39 is 16.9 Å². The molecule has 0 heterocycles. The SMILES string of the molecule is Bc1c(C2(C)C=CC=CC2)c(O)c2c(-c3cccc4ccccc34)c3c(O)c(B)c(O)c(O)c3c(C3=CCC(c4ccc5ccccc5c4)C=C3)c2c1O. The minimum atomic E-state index is -0.647. The van der Waals surface area contributed by atoms with E-state index in [-0.39, 0.29) is 39.4 Å². The van der Waals surface area contributed by atoms with Gasteiger partial charge in [-0.25, -0.2) is 0 Å². The van der Waals surface area contributed by atoms with E-state index in [1.54, 1.807) is 7.85 Å². The molecule has 7 heteroatoms. The van der Waals surface area contributed by atoms with Crippen molar-refractivity contribution in [3.63, 3.8) is 0 Å². The van der Waals surface area contributed by atoms with Gasteiger partial charge in [-0.05, 0) is 62.0 Å². The molecule has 9 rings (SSSR count). The summed E-state index contributed by atoms with van der Waals surface area (Å²) in [6.45, 7) is 2.05. The van der Waals surface area contributed by atoms with Crippen molar-refractivity contribution in [2.75, 3.05) is 0 Å². The Morgan fingerprint density at radius 2 is 1.30 bits per heavy atom. The maximum absolute atomic E-state index is 12.8. The lowest BCUT2D eigenvalue weighted by Crippen LogP contribution is -2.28. The van der Waals surface area contributed by atoms with Crippen molar-refractivity contribution in [3.05, 3.63) is 144 Å². The van der Waals surface area contributed by atoms with Gasteiger partial charge in [-0.1, -0.05) is 134 Å². The molecule has 2 atom stereocenters. The molecule has 0 amide bonds. The summed E-state index contributed by atoms with van der Waals surface area (Å²) in [4.78, 5) is 0. The van der Waals surface area contributed by atoms with E-state index in [4.69, 9.17) is 0 Å². The Morgan fingerprint density at radius 1 is 0.630 bits per heavy atom. The van der Waals surface area contributed by atoms with E-state index in [1.165, 1.54) is 10.9 Å². The van der Waals surface area contributed by atoms with Crippen LogP contribution in [0.3, 0.4) is 0 Å². The van der Waals surface area contributed by atoms with Crippen molar-refractivity contribution in [1.82, 2.24) is 0 Å². The fourth-order valence-corrected chi connectivity index (χ4v) is 9.01. The van der Waals surface area contributed by atoms with Gasteiger partial charge in [0.1, 0.15) is 32.9 Å². The van der Waals surface area contributed by atoms with Crippen LogP contribution < -0.4 is 10.9 Å². The van der Waals surface area contributed by atoms with Crippen LogP contribution in [0.2, 0.25) is 0 Å². The van der Waals surface area contributed by atoms with Crippen molar-refractivity contribution < 1.29 is 25.5 Å². The normalized spacial score (nSPS) is 18.2. The quantitative estimate of drug-likeness (QED) is 0.0555. The summed E-state index contributed by atoms with van der Waals surface area (Å²) < 4.78 is 0. The zero-order valence-corrected chi connectivity index (χ0v) is 30.4. The van der Waals surface area contributed by atoms with Gasteiger partial charge in [0.2, 0.25) is 0 Å². The molecule has 0 aliphatic heterocycles. The van der Waals surface area contributed by atoms with E-state index >= 15 is 0 Å². The Morgan fingerprint density at radius 3 is 2.04 bits per heavy atom. The third-order valence-corrected chi connectivity index (χ3v) is 11.8. The number of rotatable bonds is 4. The molecule has 0 bridgehead atoms. The van der Waals surface area contributed by atoms with Crippen LogP contribution in [0.1, 0.15) is 42.4 Å². The average Bonchev–Trinajstić information content (AvgIpc) is 3.20. The third-order valence-electron chi connectivity index (χ3n) is 11.8. The van der Waals surface area contributed by atoms with Crippen LogP contribution in [0.5, 0.6) is 28.7 Å². The zero-order valence-electron chi connectivity index (χ0n) is 30.4. The molecule has 0 radical (unpaired) electrons. The number of aromatic hydroxyl groups is 5. The second-order valence-electron chi connectivity index (χ2n) is 15.0. The lowest BCUT2D eigenvalue weighted by Gasteiger charge is -2.32. The summed E-state index contributed by atoms with van der Waals surface area (Å²) in [7, 11) is 3.38. The summed E-state index contributed by atoms with van der Waals surface area (Å²) in [5, 5.41) is 66.2.